The lowest BCUT2D eigenvalue weighted by molar-refractivity contribution is -0.119. The van der Waals surface area contributed by atoms with E-state index in [1.807, 2.05) is 36.4 Å². The van der Waals surface area contributed by atoms with Crippen LogP contribution in [0.3, 0.4) is 0 Å². The highest BCUT2D eigenvalue weighted by Crippen LogP contribution is 2.24. The van der Waals surface area contributed by atoms with Crippen molar-refractivity contribution in [1.82, 2.24) is 15.5 Å². The predicted octanol–water partition coefficient (Wildman–Crippen LogP) is 2.08. The Balaban J connectivity index is 1.45. The second-order valence-electron chi connectivity index (χ2n) is 7.66. The third-order valence-electron chi connectivity index (χ3n) is 5.40. The van der Waals surface area contributed by atoms with Crippen LogP contribution in [0.4, 0.5) is 0 Å². The van der Waals surface area contributed by atoms with Gasteiger partial charge < -0.3 is 25.5 Å². The second-order valence-corrected chi connectivity index (χ2v) is 7.66. The molecule has 1 atom stereocenters. The number of likely N-dealkylation sites (tertiary alicyclic amines) is 1. The topological polar surface area (TPSA) is 105 Å². The summed E-state index contributed by atoms with van der Waals surface area (Å²) in [6.07, 6.45) is 6.34. The summed E-state index contributed by atoms with van der Waals surface area (Å²) in [5.41, 5.74) is 6.26. The molecule has 2 aromatic rings. The smallest absolute Gasteiger partial charge is 0.255 e. The van der Waals surface area contributed by atoms with Gasteiger partial charge in [0.15, 0.2) is 12.6 Å². The first-order valence-electron chi connectivity index (χ1n) is 10.9. The summed E-state index contributed by atoms with van der Waals surface area (Å²) in [7, 11) is 1.78. The quantitative estimate of drug-likeness (QED) is 0.396. The van der Waals surface area contributed by atoms with Crippen molar-refractivity contribution in [2.75, 3.05) is 39.8 Å². The van der Waals surface area contributed by atoms with Crippen LogP contribution in [0, 0.1) is 0 Å². The number of hydrogen-bond donors (Lipinski definition) is 3. The molecule has 0 saturated carbocycles. The summed E-state index contributed by atoms with van der Waals surface area (Å²) in [5, 5.41) is 6.82. The minimum absolute atomic E-state index is 0.112. The van der Waals surface area contributed by atoms with Crippen LogP contribution in [0.25, 0.3) is 0 Å². The lowest BCUT2D eigenvalue weighted by Gasteiger charge is -2.33. The molecule has 1 aromatic heterocycles. The van der Waals surface area contributed by atoms with Gasteiger partial charge in [0.1, 0.15) is 11.5 Å². The van der Waals surface area contributed by atoms with E-state index in [1.54, 1.807) is 13.3 Å². The number of aliphatic imine (C=N–C) groups is 1. The fourth-order valence-electron chi connectivity index (χ4n) is 3.77. The molecule has 8 heteroatoms. The maximum absolute atomic E-state index is 10.8. The summed E-state index contributed by atoms with van der Waals surface area (Å²) in [6.45, 7) is 3.56. The number of carbonyl (C=O) groups is 1. The Bertz CT molecular complexity index is 814. The van der Waals surface area contributed by atoms with E-state index in [4.69, 9.17) is 14.9 Å². The number of furan rings is 1. The van der Waals surface area contributed by atoms with Gasteiger partial charge >= 0.3 is 0 Å². The van der Waals surface area contributed by atoms with E-state index in [1.165, 1.54) is 19.3 Å². The molecule has 31 heavy (non-hydrogen) atoms. The van der Waals surface area contributed by atoms with Crippen molar-refractivity contribution in [1.29, 1.82) is 0 Å². The van der Waals surface area contributed by atoms with Gasteiger partial charge in [-0.1, -0.05) is 18.6 Å². The lowest BCUT2D eigenvalue weighted by Crippen LogP contribution is -2.44. The van der Waals surface area contributed by atoms with Crippen LogP contribution >= 0.6 is 0 Å². The molecule has 1 aliphatic rings. The molecular formula is C23H33N5O3. The summed E-state index contributed by atoms with van der Waals surface area (Å²) >= 11 is 0. The molecule has 3 rings (SSSR count). The number of amides is 1. The van der Waals surface area contributed by atoms with Crippen LogP contribution in [-0.4, -0.2) is 56.6 Å². The molecule has 1 unspecified atom stereocenters. The van der Waals surface area contributed by atoms with Crippen molar-refractivity contribution in [2.24, 2.45) is 10.7 Å². The highest BCUT2D eigenvalue weighted by Gasteiger charge is 2.24. The highest BCUT2D eigenvalue weighted by atomic mass is 16.5. The molecule has 0 radical (unpaired) electrons. The molecule has 168 valence electrons. The van der Waals surface area contributed by atoms with E-state index in [0.29, 0.717) is 5.75 Å². The van der Waals surface area contributed by atoms with Crippen molar-refractivity contribution in [3.8, 4) is 5.75 Å². The first-order chi connectivity index (χ1) is 15.2. The monoisotopic (exact) mass is 427 g/mol. The molecular weight excluding hydrogens is 394 g/mol. The highest BCUT2D eigenvalue weighted by molar-refractivity contribution is 5.79. The Morgan fingerprint density at radius 1 is 1.19 bits per heavy atom. The van der Waals surface area contributed by atoms with Gasteiger partial charge in [-0.05, 0) is 62.2 Å². The van der Waals surface area contributed by atoms with E-state index in [-0.39, 0.29) is 12.6 Å². The van der Waals surface area contributed by atoms with Crippen LogP contribution in [0.2, 0.25) is 0 Å². The van der Waals surface area contributed by atoms with Crippen molar-refractivity contribution in [3.05, 3.63) is 54.0 Å². The van der Waals surface area contributed by atoms with Gasteiger partial charge in [0.25, 0.3) is 5.91 Å². The van der Waals surface area contributed by atoms with Gasteiger partial charge in [0, 0.05) is 20.1 Å². The number of hydrogen-bond acceptors (Lipinski definition) is 5. The molecule has 4 N–H and O–H groups in total. The van der Waals surface area contributed by atoms with E-state index in [0.717, 1.165) is 49.9 Å². The average molecular weight is 428 g/mol. The molecule has 1 aliphatic heterocycles. The van der Waals surface area contributed by atoms with E-state index < -0.39 is 5.91 Å². The zero-order chi connectivity index (χ0) is 21.9. The fourth-order valence-corrected chi connectivity index (χ4v) is 3.77. The maximum Gasteiger partial charge on any atom is 0.255 e. The Hall–Kier alpha value is -3.00. The number of ether oxygens (including phenoxy) is 1. The van der Waals surface area contributed by atoms with Crippen LogP contribution in [0.5, 0.6) is 5.75 Å². The van der Waals surface area contributed by atoms with Crippen LogP contribution in [0.1, 0.15) is 36.6 Å². The van der Waals surface area contributed by atoms with Crippen molar-refractivity contribution in [3.63, 3.8) is 0 Å². The fraction of sp³-hybridized carbons (Fsp3) is 0.478. The maximum atomic E-state index is 10.8. The molecule has 1 saturated heterocycles. The molecule has 0 aliphatic carbocycles. The van der Waals surface area contributed by atoms with Crippen LogP contribution in [0.15, 0.2) is 52.1 Å². The van der Waals surface area contributed by atoms with Gasteiger partial charge in [-0.25, -0.2) is 0 Å². The third kappa shape index (κ3) is 7.32. The Morgan fingerprint density at radius 2 is 1.97 bits per heavy atom. The molecule has 1 fully saturated rings. The number of benzene rings is 1. The number of guanidine groups is 1. The Labute approximate surface area is 183 Å². The van der Waals surface area contributed by atoms with Gasteiger partial charge in [-0.3, -0.25) is 14.7 Å². The molecule has 1 aromatic carbocycles. The molecule has 1 amide bonds. The second kappa shape index (κ2) is 12.0. The molecule has 8 nitrogen and oxygen atoms in total. The summed E-state index contributed by atoms with van der Waals surface area (Å²) in [4.78, 5) is 17.6. The summed E-state index contributed by atoms with van der Waals surface area (Å²) in [6, 6.07) is 11.9. The van der Waals surface area contributed by atoms with E-state index in [9.17, 15) is 4.79 Å². The average Bonchev–Trinajstić information content (AvgIpc) is 3.33. The van der Waals surface area contributed by atoms with E-state index >= 15 is 0 Å². The first-order valence-corrected chi connectivity index (χ1v) is 10.9. The zero-order valence-corrected chi connectivity index (χ0v) is 18.2. The number of nitrogens with zero attached hydrogens (tertiary/aromatic N) is 2. The zero-order valence-electron chi connectivity index (χ0n) is 18.2. The SMILES string of the molecule is CN=C(NCCc1ccc(OCC(N)=O)cc1)NCC(c1ccco1)N1CCCCC1. The Kier molecular flexibility index (Phi) is 8.78. The van der Waals surface area contributed by atoms with Gasteiger partial charge in [-0.2, -0.15) is 0 Å². The molecule has 2 heterocycles. The minimum Gasteiger partial charge on any atom is -0.484 e. The van der Waals surface area contributed by atoms with Crippen molar-refractivity contribution < 1.29 is 13.9 Å². The first kappa shape index (κ1) is 22.7. The van der Waals surface area contributed by atoms with Crippen LogP contribution in [-0.2, 0) is 11.2 Å². The van der Waals surface area contributed by atoms with Gasteiger partial charge in [0.2, 0.25) is 0 Å². The van der Waals surface area contributed by atoms with E-state index in [2.05, 4.69) is 20.5 Å². The largest absolute Gasteiger partial charge is 0.484 e. The predicted molar refractivity (Wildman–Crippen MR) is 121 cm³/mol. The van der Waals surface area contributed by atoms with Crippen LogP contribution < -0.4 is 21.1 Å². The number of nitrogens with two attached hydrogens (primary N) is 1. The number of carbonyl (C=O) groups excluding carboxylic acids is 1. The number of piperidine rings is 1. The molecule has 0 spiro atoms. The van der Waals surface area contributed by atoms with Crippen molar-refractivity contribution >= 4 is 11.9 Å². The summed E-state index contributed by atoms with van der Waals surface area (Å²) in [5.74, 6) is 1.91. The minimum atomic E-state index is -0.485. The van der Waals surface area contributed by atoms with Gasteiger partial charge in [-0.15, -0.1) is 0 Å². The standard InChI is InChI=1S/C23H33N5O3/c1-25-23(26-12-11-18-7-9-19(10-8-18)31-17-22(24)29)27-16-20(21-6-5-15-30-21)28-13-3-2-4-14-28/h5-10,15,20H,2-4,11-14,16-17H2,1H3,(H2,24,29)(H2,25,26,27). The number of primary amides is 1. The lowest BCUT2D eigenvalue weighted by atomic mass is 10.1. The van der Waals surface area contributed by atoms with Crippen molar-refractivity contribution in [2.45, 2.75) is 31.7 Å². The number of nitrogens with one attached hydrogen (secondary N) is 2. The molecule has 0 bridgehead atoms. The number of rotatable bonds is 10. The Morgan fingerprint density at radius 3 is 2.61 bits per heavy atom. The van der Waals surface area contributed by atoms with Gasteiger partial charge in [0.05, 0.1) is 12.3 Å². The normalized spacial score (nSPS) is 16.0. The summed E-state index contributed by atoms with van der Waals surface area (Å²) < 4.78 is 11.0. The third-order valence-corrected chi connectivity index (χ3v) is 5.40.